The van der Waals surface area contributed by atoms with Crippen molar-refractivity contribution in [3.63, 3.8) is 0 Å². The molecule has 0 saturated heterocycles. The fraction of sp³-hybridized carbons (Fsp3) is 0.524. The van der Waals surface area contributed by atoms with Crippen molar-refractivity contribution >= 4 is 88.7 Å². The van der Waals surface area contributed by atoms with Gasteiger partial charge in [-0.15, -0.1) is 0 Å². The van der Waals surface area contributed by atoms with E-state index < -0.39 is 163 Å². The Kier molecular flexibility index (Phi) is 38.7. The monoisotopic (exact) mass is 1430 g/mol. The number of carbonyl (C=O) groups is 13. The van der Waals surface area contributed by atoms with Gasteiger partial charge >= 0.3 is 0 Å². The number of H-pyrrole nitrogens is 1. The Bertz CT molecular complexity index is 3280. The third kappa shape index (κ3) is 33.7. The number of carbonyl (C=O) groups excluding carboxylic acids is 13. The number of benzene rings is 2. The van der Waals surface area contributed by atoms with Crippen LogP contribution < -0.4 is 110 Å². The number of aromatic amines is 1. The van der Waals surface area contributed by atoms with Crippen LogP contribution in [0.5, 0.6) is 5.75 Å². The number of guanidine groups is 2. The predicted octanol–water partition coefficient (Wildman–Crippen LogP) is -8.94. The van der Waals surface area contributed by atoms with E-state index in [1.807, 2.05) is 0 Å². The van der Waals surface area contributed by atoms with E-state index in [-0.39, 0.29) is 102 Å². The molecule has 0 radical (unpaired) electrons. The van der Waals surface area contributed by atoms with Gasteiger partial charge in [-0.05, 0) is 121 Å². The normalized spacial score (nSPS) is 13.8. The second-order valence-corrected chi connectivity index (χ2v) is 23.7. The van der Waals surface area contributed by atoms with Crippen molar-refractivity contribution in [3.8, 4) is 5.75 Å². The first-order valence-electron chi connectivity index (χ1n) is 33.0. The quantitative estimate of drug-likeness (QED) is 0.0142. The number of aliphatic hydroxyl groups is 1. The molecule has 3 rings (SSSR count). The maximum absolute atomic E-state index is 14.2. The maximum atomic E-state index is 14.2. The number of amides is 13. The van der Waals surface area contributed by atoms with Gasteiger partial charge in [0, 0.05) is 37.8 Å². The first-order chi connectivity index (χ1) is 48.5. The number of rotatable bonds is 48. The maximum Gasteiger partial charge on any atom is 0.245 e. The van der Waals surface area contributed by atoms with Crippen LogP contribution in [0.15, 0.2) is 77.1 Å². The summed E-state index contributed by atoms with van der Waals surface area (Å²) in [5.74, 6) is -11.8. The minimum absolute atomic E-state index is 0.0214. The SMILES string of the molecule is C[C@H](NC(=O)CNC(=O)[C@H](Cc1cnc[nH]1)NC(=O)[C@H](Cc1ccccc1)NC(=O)CNC(=O)CNC(=O)[C@@H](N)Cc1ccc(O)cc1)C(=O)N[C@@H](CCCN=C(N)N)C(=O)N[C@@H](CCCCN)C(=O)N[C@@H](CO)C(=O)N[C@@H](C)C(=O)N[C@@H](CCCN=C(N)N)C(=O)N[C@@H](CCCCN)C(N)=O. The molecule has 562 valence electrons. The third-order valence-electron chi connectivity index (χ3n) is 15.2. The van der Waals surface area contributed by atoms with Crippen molar-refractivity contribution in [1.82, 2.24) is 73.8 Å². The number of hydrogen-bond acceptors (Lipinski definition) is 21. The summed E-state index contributed by atoms with van der Waals surface area (Å²) in [5, 5.41) is 49.6. The van der Waals surface area contributed by atoms with Crippen LogP contribution in [0.1, 0.15) is 94.9 Å². The fourth-order valence-corrected chi connectivity index (χ4v) is 9.64. The van der Waals surface area contributed by atoms with Crippen LogP contribution in [0.25, 0.3) is 0 Å². The van der Waals surface area contributed by atoms with Gasteiger partial charge in [0.1, 0.15) is 60.1 Å². The third-order valence-corrected chi connectivity index (χ3v) is 15.2. The summed E-state index contributed by atoms with van der Waals surface area (Å²) in [7, 11) is 0. The molecular formula is C63H100N24O15. The van der Waals surface area contributed by atoms with E-state index in [4.69, 9.17) is 45.9 Å². The van der Waals surface area contributed by atoms with Crippen molar-refractivity contribution in [2.75, 3.05) is 52.4 Å². The molecule has 2 aromatic carbocycles. The van der Waals surface area contributed by atoms with Crippen LogP contribution in [0.4, 0.5) is 0 Å². The fourth-order valence-electron chi connectivity index (χ4n) is 9.64. The van der Waals surface area contributed by atoms with Crippen LogP contribution in [0.3, 0.4) is 0 Å². The van der Waals surface area contributed by atoms with E-state index in [9.17, 15) is 72.5 Å². The van der Waals surface area contributed by atoms with Crippen LogP contribution in [0, 0.1) is 0 Å². The molecule has 31 N–H and O–H groups in total. The number of nitrogens with two attached hydrogens (primary N) is 8. The number of primary amides is 1. The number of aromatic nitrogens is 2. The Morgan fingerprint density at radius 1 is 0.451 bits per heavy atom. The van der Waals surface area contributed by atoms with E-state index in [2.05, 4.69) is 83.8 Å². The number of aliphatic hydroxyl groups excluding tert-OH is 1. The molecule has 0 bridgehead atoms. The summed E-state index contributed by atoms with van der Waals surface area (Å²) < 4.78 is 0. The topological polar surface area (TPSA) is 668 Å². The highest BCUT2D eigenvalue weighted by molar-refractivity contribution is 5.99. The van der Waals surface area contributed by atoms with Crippen molar-refractivity contribution in [2.45, 2.75) is 158 Å². The number of nitrogens with one attached hydrogen (secondary N) is 13. The highest BCUT2D eigenvalue weighted by Gasteiger charge is 2.34. The highest BCUT2D eigenvalue weighted by Crippen LogP contribution is 2.13. The van der Waals surface area contributed by atoms with E-state index in [0.717, 1.165) is 0 Å². The van der Waals surface area contributed by atoms with Gasteiger partial charge in [-0.25, -0.2) is 4.98 Å². The largest absolute Gasteiger partial charge is 0.508 e. The van der Waals surface area contributed by atoms with Gasteiger partial charge < -0.3 is 125 Å². The molecule has 3 aromatic rings. The number of aromatic hydroxyl groups is 1. The molecule has 39 nitrogen and oxygen atoms in total. The first-order valence-corrected chi connectivity index (χ1v) is 33.0. The minimum Gasteiger partial charge on any atom is -0.508 e. The molecule has 10 atom stereocenters. The number of imidazole rings is 1. The Hall–Kier alpha value is -11.1. The van der Waals surface area contributed by atoms with Crippen LogP contribution in [-0.2, 0) is 81.6 Å². The summed E-state index contributed by atoms with van der Waals surface area (Å²) in [4.78, 5) is 190. The molecule has 1 heterocycles. The summed E-state index contributed by atoms with van der Waals surface area (Å²) in [6, 6.07) is 0.894. The molecule has 1 aromatic heterocycles. The standard InChI is InChI=1S/C63H100N24O15/c1-35(79-50(91)32-77-56(97)47(28-39-29-72-34-78-39)86-60(101)46(27-37-12-4-3-5-13-37)81-51(92)31-75-49(90)30-76-55(96)41(66)26-38-18-20-40(89)21-19-38)53(94)83-45(17-11-25-74-63(70)71)58(99)85-43(15-7-9-23-65)59(100)87-48(33-88)61(102)80-36(2)54(95)84-44(16-10-24-73-62(68)69)57(98)82-42(52(67)93)14-6-8-22-64/h3-5,12-13,18-21,29,34-36,41-48,88-89H,6-11,14-17,22-28,30-33,64-66H2,1-2H3,(H2,67,93)(H,72,78)(H,75,90)(H,76,96)(H,77,97)(H,79,91)(H,80,102)(H,81,92)(H,82,98)(H,83,94)(H,84,95)(H,85,99)(H,86,101)(H,87,100)(H4,68,69,73)(H4,70,71,74)/t35-,36-,41-,42-,43-,44-,45-,46-,47-,48-/m0/s1. The van der Waals surface area contributed by atoms with Crippen LogP contribution in [-0.4, -0.2) is 222 Å². The number of phenols is 1. The van der Waals surface area contributed by atoms with Gasteiger partial charge in [-0.3, -0.25) is 72.3 Å². The van der Waals surface area contributed by atoms with Gasteiger partial charge in [0.2, 0.25) is 76.8 Å². The molecule has 13 amide bonds. The second-order valence-electron chi connectivity index (χ2n) is 23.7. The van der Waals surface area contributed by atoms with Gasteiger partial charge in [0.25, 0.3) is 0 Å². The first kappa shape index (κ1) is 85.2. The van der Waals surface area contributed by atoms with E-state index in [1.54, 1.807) is 42.5 Å². The average Bonchev–Trinajstić information content (AvgIpc) is 1.03. The lowest BCUT2D eigenvalue weighted by atomic mass is 10.0. The molecule has 39 heteroatoms. The molecular weight excluding hydrogens is 1330 g/mol. The van der Waals surface area contributed by atoms with Gasteiger partial charge in [0.05, 0.1) is 38.6 Å². The van der Waals surface area contributed by atoms with Crippen molar-refractivity contribution < 1.29 is 72.5 Å². The van der Waals surface area contributed by atoms with Gasteiger partial charge in [-0.2, -0.15) is 0 Å². The molecule has 0 aliphatic rings. The second kappa shape index (κ2) is 46.3. The van der Waals surface area contributed by atoms with Crippen molar-refractivity contribution in [1.29, 1.82) is 0 Å². The van der Waals surface area contributed by atoms with E-state index in [1.165, 1.54) is 38.5 Å². The molecule has 0 aliphatic heterocycles. The number of aliphatic imine (C=N–C) groups is 2. The molecule has 0 fully saturated rings. The number of nitrogens with zero attached hydrogens (tertiary/aromatic N) is 3. The highest BCUT2D eigenvalue weighted by atomic mass is 16.3. The Balaban J connectivity index is 1.71. The number of phenolic OH excluding ortho intramolecular Hbond substituents is 1. The molecule has 102 heavy (non-hydrogen) atoms. The summed E-state index contributed by atoms with van der Waals surface area (Å²) >= 11 is 0. The van der Waals surface area contributed by atoms with E-state index >= 15 is 0 Å². The van der Waals surface area contributed by atoms with Crippen LogP contribution in [0.2, 0.25) is 0 Å². The summed E-state index contributed by atoms with van der Waals surface area (Å²) in [6.07, 6.45) is 4.27. The zero-order chi connectivity index (χ0) is 75.7. The Labute approximate surface area is 588 Å². The predicted molar refractivity (Wildman–Crippen MR) is 372 cm³/mol. The van der Waals surface area contributed by atoms with Crippen molar-refractivity contribution in [2.24, 2.45) is 55.9 Å². The zero-order valence-corrected chi connectivity index (χ0v) is 57.1. The smallest absolute Gasteiger partial charge is 0.245 e. The average molecular weight is 1430 g/mol. The lowest BCUT2D eigenvalue weighted by Gasteiger charge is -2.26. The molecule has 0 spiro atoms. The summed E-state index contributed by atoms with van der Waals surface area (Å²) in [6.45, 7) is 0.117. The minimum atomic E-state index is -1.73. The Morgan fingerprint density at radius 2 is 0.882 bits per heavy atom. The van der Waals surface area contributed by atoms with Gasteiger partial charge in [0.15, 0.2) is 11.9 Å². The van der Waals surface area contributed by atoms with Crippen molar-refractivity contribution in [3.05, 3.63) is 83.9 Å². The number of hydrogen-bond donors (Lipinski definition) is 23. The molecule has 0 aliphatic carbocycles. The molecule has 0 unspecified atom stereocenters. The molecule has 0 saturated carbocycles. The Morgan fingerprint density at radius 3 is 1.40 bits per heavy atom. The van der Waals surface area contributed by atoms with Crippen LogP contribution >= 0.6 is 0 Å². The lowest BCUT2D eigenvalue weighted by Crippen LogP contribution is -2.60. The van der Waals surface area contributed by atoms with E-state index in [0.29, 0.717) is 42.6 Å². The summed E-state index contributed by atoms with van der Waals surface area (Å²) in [5.41, 5.74) is 46.3. The number of unbranched alkanes of at least 4 members (excludes halogenated alkanes) is 2. The van der Waals surface area contributed by atoms with Gasteiger partial charge in [-0.1, -0.05) is 42.5 Å². The zero-order valence-electron chi connectivity index (χ0n) is 57.1. The lowest BCUT2D eigenvalue weighted by molar-refractivity contribution is -0.136.